The Morgan fingerprint density at radius 3 is 2.74 bits per heavy atom. The van der Waals surface area contributed by atoms with Crippen LogP contribution in [0.15, 0.2) is 42.5 Å². The van der Waals surface area contributed by atoms with Crippen LogP contribution >= 0.6 is 11.3 Å². The van der Waals surface area contributed by atoms with E-state index in [-0.39, 0.29) is 12.4 Å². The van der Waals surface area contributed by atoms with Crippen molar-refractivity contribution in [3.63, 3.8) is 0 Å². The van der Waals surface area contributed by atoms with Crippen LogP contribution in [0.1, 0.15) is 5.01 Å². The highest BCUT2D eigenvalue weighted by Gasteiger charge is 2.06. The number of nitrogens with one attached hydrogen (secondary N) is 1. The zero-order valence-corrected chi connectivity index (χ0v) is 12.7. The lowest BCUT2D eigenvalue weighted by Crippen LogP contribution is -2.12. The fourth-order valence-electron chi connectivity index (χ4n) is 1.98. The van der Waals surface area contributed by atoms with Crippen LogP contribution in [0.2, 0.25) is 0 Å². The Hall–Kier alpha value is -2.54. The van der Waals surface area contributed by atoms with Crippen LogP contribution in [0.25, 0.3) is 10.2 Å². The number of ether oxygens (including phenoxy) is 1. The molecule has 2 aromatic carbocycles. The van der Waals surface area contributed by atoms with Crippen molar-refractivity contribution in [2.24, 2.45) is 0 Å². The molecule has 23 heavy (non-hydrogen) atoms. The van der Waals surface area contributed by atoms with E-state index in [0.29, 0.717) is 17.0 Å². The number of hydrogen-bond acceptors (Lipinski definition) is 4. The van der Waals surface area contributed by atoms with E-state index >= 15 is 0 Å². The third kappa shape index (κ3) is 3.81. The van der Waals surface area contributed by atoms with Gasteiger partial charge in [0, 0.05) is 11.8 Å². The molecule has 0 radical (unpaired) electrons. The molecule has 3 rings (SSSR count). The van der Waals surface area contributed by atoms with Crippen molar-refractivity contribution in [3.05, 3.63) is 53.3 Å². The Bertz CT molecular complexity index is 834. The summed E-state index contributed by atoms with van der Waals surface area (Å²) >= 11 is 1.44. The summed E-state index contributed by atoms with van der Waals surface area (Å²) in [7, 11) is 0. The molecular formula is C16H12F2N2O2S. The average Bonchev–Trinajstić information content (AvgIpc) is 2.96. The van der Waals surface area contributed by atoms with E-state index in [1.807, 2.05) is 0 Å². The quantitative estimate of drug-likeness (QED) is 0.769. The van der Waals surface area contributed by atoms with Gasteiger partial charge < -0.3 is 10.1 Å². The van der Waals surface area contributed by atoms with E-state index in [9.17, 15) is 13.6 Å². The largest absolute Gasteiger partial charge is 0.486 e. The fraction of sp³-hybridized carbons (Fsp3) is 0.125. The number of fused-ring (bicyclic) bond motifs is 1. The van der Waals surface area contributed by atoms with Crippen molar-refractivity contribution < 1.29 is 18.3 Å². The van der Waals surface area contributed by atoms with Crippen LogP contribution in [-0.4, -0.2) is 17.6 Å². The maximum atomic E-state index is 13.1. The zero-order chi connectivity index (χ0) is 16.2. The second-order valence-corrected chi connectivity index (χ2v) is 5.83. The molecule has 0 bridgehead atoms. The highest BCUT2D eigenvalue weighted by Crippen LogP contribution is 2.24. The summed E-state index contributed by atoms with van der Waals surface area (Å²) in [5.41, 5.74) is 1.10. The minimum absolute atomic E-state index is 0.261. The van der Waals surface area contributed by atoms with Crippen molar-refractivity contribution in [1.82, 2.24) is 4.98 Å². The Kier molecular flexibility index (Phi) is 4.47. The number of carbonyl (C=O) groups excluding carboxylic acids is 1. The molecule has 0 saturated heterocycles. The second-order valence-electron chi connectivity index (χ2n) is 4.71. The topological polar surface area (TPSA) is 51.2 Å². The van der Waals surface area contributed by atoms with Gasteiger partial charge in [-0.2, -0.15) is 0 Å². The molecular weight excluding hydrogens is 322 g/mol. The summed E-state index contributed by atoms with van der Waals surface area (Å²) in [5.74, 6) is -0.421. The number of carbonyl (C=O) groups is 1. The van der Waals surface area contributed by atoms with Gasteiger partial charge in [0.2, 0.25) is 0 Å². The van der Waals surface area contributed by atoms with Crippen molar-refractivity contribution in [2.45, 2.75) is 6.61 Å². The predicted molar refractivity (Wildman–Crippen MR) is 85.0 cm³/mol. The average molecular weight is 334 g/mol. The molecule has 0 aliphatic rings. The van der Waals surface area contributed by atoms with Crippen molar-refractivity contribution in [1.29, 1.82) is 0 Å². The molecule has 0 saturated carbocycles. The van der Waals surface area contributed by atoms with Gasteiger partial charge in [-0.05, 0) is 36.4 Å². The maximum Gasteiger partial charge on any atom is 0.255 e. The number of benzene rings is 2. The summed E-state index contributed by atoms with van der Waals surface area (Å²) in [4.78, 5) is 15.2. The first-order valence-electron chi connectivity index (χ1n) is 6.78. The highest BCUT2D eigenvalue weighted by molar-refractivity contribution is 7.18. The molecule has 3 aromatic rings. The van der Waals surface area contributed by atoms with Gasteiger partial charge in [0.1, 0.15) is 23.2 Å². The van der Waals surface area contributed by atoms with Crippen molar-refractivity contribution in [3.8, 4) is 5.75 Å². The molecule has 1 aromatic heterocycles. The van der Waals surface area contributed by atoms with Gasteiger partial charge in [-0.1, -0.05) is 0 Å². The monoisotopic (exact) mass is 334 g/mol. The molecule has 0 fully saturated rings. The molecule has 1 heterocycles. The number of thiazole rings is 1. The highest BCUT2D eigenvalue weighted by atomic mass is 32.1. The van der Waals surface area contributed by atoms with Crippen molar-refractivity contribution in [2.75, 3.05) is 12.0 Å². The number of anilines is 1. The minimum atomic E-state index is -1.06. The predicted octanol–water partition coefficient (Wildman–Crippen LogP) is 3.92. The van der Waals surface area contributed by atoms with Crippen LogP contribution in [0, 0.1) is 5.82 Å². The molecule has 0 unspecified atom stereocenters. The van der Waals surface area contributed by atoms with E-state index in [4.69, 9.17) is 4.74 Å². The number of nitrogens with zero attached hydrogens (tertiary/aromatic N) is 1. The number of hydrogen-bond donors (Lipinski definition) is 1. The number of alkyl halides is 1. The number of amides is 1. The van der Waals surface area contributed by atoms with Gasteiger partial charge >= 0.3 is 0 Å². The van der Waals surface area contributed by atoms with E-state index < -0.39 is 12.6 Å². The summed E-state index contributed by atoms with van der Waals surface area (Å²) < 4.78 is 31.7. The first kappa shape index (κ1) is 15.4. The SMILES string of the molecule is O=C(CF)Nc1ccc(OCc2nc3cc(F)ccc3s2)cc1. The van der Waals surface area contributed by atoms with Gasteiger partial charge in [-0.3, -0.25) is 4.79 Å². The van der Waals surface area contributed by atoms with Crippen LogP contribution < -0.4 is 10.1 Å². The van der Waals surface area contributed by atoms with Gasteiger partial charge in [-0.15, -0.1) is 11.3 Å². The lowest BCUT2D eigenvalue weighted by Gasteiger charge is -2.06. The van der Waals surface area contributed by atoms with Crippen LogP contribution in [0.3, 0.4) is 0 Å². The molecule has 1 N–H and O–H groups in total. The Morgan fingerprint density at radius 1 is 1.22 bits per heavy atom. The molecule has 0 spiro atoms. The summed E-state index contributed by atoms with van der Waals surface area (Å²) in [6, 6.07) is 11.1. The van der Waals surface area contributed by atoms with E-state index in [2.05, 4.69) is 10.3 Å². The maximum absolute atomic E-state index is 13.1. The molecule has 0 atom stereocenters. The summed E-state index contributed by atoms with van der Waals surface area (Å²) in [5, 5.41) is 3.14. The van der Waals surface area contributed by atoms with Gasteiger partial charge in [0.25, 0.3) is 5.91 Å². The third-order valence-electron chi connectivity index (χ3n) is 3.02. The van der Waals surface area contributed by atoms with E-state index in [1.54, 1.807) is 30.3 Å². The molecule has 0 aliphatic carbocycles. The Morgan fingerprint density at radius 2 is 2.00 bits per heavy atom. The molecule has 1 amide bonds. The molecule has 0 aliphatic heterocycles. The van der Waals surface area contributed by atoms with E-state index in [0.717, 1.165) is 9.71 Å². The number of aromatic nitrogens is 1. The van der Waals surface area contributed by atoms with E-state index in [1.165, 1.54) is 23.5 Å². The molecule has 4 nitrogen and oxygen atoms in total. The van der Waals surface area contributed by atoms with Gasteiger partial charge in [0.15, 0.2) is 6.67 Å². The number of rotatable bonds is 5. The van der Waals surface area contributed by atoms with Crippen LogP contribution in [0.5, 0.6) is 5.75 Å². The first-order chi connectivity index (χ1) is 11.1. The minimum Gasteiger partial charge on any atom is -0.486 e. The Labute approximate surface area is 134 Å². The lowest BCUT2D eigenvalue weighted by atomic mass is 10.3. The lowest BCUT2D eigenvalue weighted by molar-refractivity contribution is -0.117. The van der Waals surface area contributed by atoms with Gasteiger partial charge in [-0.25, -0.2) is 13.8 Å². The van der Waals surface area contributed by atoms with Crippen LogP contribution in [-0.2, 0) is 11.4 Å². The van der Waals surface area contributed by atoms with Gasteiger partial charge in [0.05, 0.1) is 10.2 Å². The zero-order valence-electron chi connectivity index (χ0n) is 11.9. The standard InChI is InChI=1S/C16H12F2N2O2S/c17-8-15(21)19-11-2-4-12(5-3-11)22-9-16-20-13-7-10(18)1-6-14(13)23-16/h1-7H,8-9H2,(H,19,21). The number of halogens is 2. The molecule has 7 heteroatoms. The van der Waals surface area contributed by atoms with Crippen LogP contribution in [0.4, 0.5) is 14.5 Å². The fourth-order valence-corrected chi connectivity index (χ4v) is 2.84. The second kappa shape index (κ2) is 6.70. The Balaban J connectivity index is 1.63. The third-order valence-corrected chi connectivity index (χ3v) is 4.03. The normalized spacial score (nSPS) is 10.7. The van der Waals surface area contributed by atoms with Crippen molar-refractivity contribution >= 4 is 33.1 Å². The smallest absolute Gasteiger partial charge is 0.255 e. The summed E-state index contributed by atoms with van der Waals surface area (Å²) in [6.07, 6.45) is 0. The summed E-state index contributed by atoms with van der Waals surface area (Å²) in [6.45, 7) is -0.798. The molecule has 118 valence electrons. The first-order valence-corrected chi connectivity index (χ1v) is 7.59.